The van der Waals surface area contributed by atoms with Crippen LogP contribution in [0.15, 0.2) is 24.3 Å². The molecule has 2 N–H and O–H groups in total. The van der Waals surface area contributed by atoms with Gasteiger partial charge in [0.25, 0.3) is 0 Å². The summed E-state index contributed by atoms with van der Waals surface area (Å²) >= 11 is 0. The number of rotatable bonds is 3. The van der Waals surface area contributed by atoms with Gasteiger partial charge in [-0.1, -0.05) is 12.1 Å². The first-order chi connectivity index (χ1) is 6.95. The van der Waals surface area contributed by atoms with Gasteiger partial charge >= 0.3 is 5.97 Å². The van der Waals surface area contributed by atoms with Crippen LogP contribution in [0.3, 0.4) is 0 Å². The number of hydrogen-bond acceptors (Lipinski definition) is 3. The van der Waals surface area contributed by atoms with Crippen molar-refractivity contribution in [3.8, 4) is 0 Å². The number of methoxy groups -OCH3 is 1. The van der Waals surface area contributed by atoms with Crippen LogP contribution in [0.25, 0.3) is 0 Å². The van der Waals surface area contributed by atoms with E-state index < -0.39 is 11.5 Å². The molecule has 0 aliphatic heterocycles. The third-order valence-electron chi connectivity index (χ3n) is 2.11. The molecule has 0 aliphatic rings. The second-order valence-corrected chi connectivity index (χ2v) is 3.72. The summed E-state index contributed by atoms with van der Waals surface area (Å²) < 4.78 is 17.4. The predicted molar refractivity (Wildman–Crippen MR) is 54.7 cm³/mol. The molecular formula is C11H14FNO2. The summed E-state index contributed by atoms with van der Waals surface area (Å²) in [5.74, 6) is -0.847. The molecule has 0 saturated heterocycles. The molecule has 1 aromatic rings. The highest BCUT2D eigenvalue weighted by Crippen LogP contribution is 2.13. The Hall–Kier alpha value is -1.42. The van der Waals surface area contributed by atoms with E-state index in [4.69, 9.17) is 5.73 Å². The molecule has 4 heteroatoms. The molecular weight excluding hydrogens is 197 g/mol. The van der Waals surface area contributed by atoms with Crippen molar-refractivity contribution in [3.05, 3.63) is 35.6 Å². The monoisotopic (exact) mass is 211 g/mol. The molecule has 1 rings (SSSR count). The summed E-state index contributed by atoms with van der Waals surface area (Å²) in [7, 11) is 1.28. The minimum atomic E-state index is -1.12. The lowest BCUT2D eigenvalue weighted by Gasteiger charge is -2.21. The van der Waals surface area contributed by atoms with Crippen LogP contribution in [0.4, 0.5) is 4.39 Å². The second kappa shape index (κ2) is 4.40. The third-order valence-corrected chi connectivity index (χ3v) is 2.11. The van der Waals surface area contributed by atoms with E-state index in [1.165, 1.54) is 19.2 Å². The maximum Gasteiger partial charge on any atom is 0.325 e. The van der Waals surface area contributed by atoms with E-state index in [1.54, 1.807) is 19.1 Å². The largest absolute Gasteiger partial charge is 0.468 e. The van der Waals surface area contributed by atoms with Crippen LogP contribution < -0.4 is 5.73 Å². The first-order valence-corrected chi connectivity index (χ1v) is 4.57. The highest BCUT2D eigenvalue weighted by Gasteiger charge is 2.29. The SMILES string of the molecule is COC(=O)C(C)(N)Cc1cccc(F)c1. The zero-order valence-electron chi connectivity index (χ0n) is 8.79. The lowest BCUT2D eigenvalue weighted by Crippen LogP contribution is -2.47. The number of halogens is 1. The van der Waals surface area contributed by atoms with Crippen molar-refractivity contribution in [1.29, 1.82) is 0 Å². The van der Waals surface area contributed by atoms with Gasteiger partial charge in [0.2, 0.25) is 0 Å². The highest BCUT2D eigenvalue weighted by atomic mass is 19.1. The Balaban J connectivity index is 2.81. The van der Waals surface area contributed by atoms with E-state index in [0.717, 1.165) is 0 Å². The first kappa shape index (κ1) is 11.7. The average molecular weight is 211 g/mol. The summed E-state index contributed by atoms with van der Waals surface area (Å²) in [4.78, 5) is 11.3. The van der Waals surface area contributed by atoms with Gasteiger partial charge in [0.05, 0.1) is 7.11 Å². The molecule has 0 saturated carbocycles. The standard InChI is InChI=1S/C11H14FNO2/c1-11(13,10(14)15-2)7-8-4-3-5-9(12)6-8/h3-6H,7,13H2,1-2H3. The number of nitrogens with two attached hydrogens (primary N) is 1. The van der Waals surface area contributed by atoms with Crippen molar-refractivity contribution < 1.29 is 13.9 Å². The Kier molecular flexibility index (Phi) is 3.42. The molecule has 1 atom stereocenters. The lowest BCUT2D eigenvalue weighted by atomic mass is 9.94. The summed E-state index contributed by atoms with van der Waals surface area (Å²) in [5, 5.41) is 0. The van der Waals surface area contributed by atoms with Gasteiger partial charge in [-0.05, 0) is 24.6 Å². The third kappa shape index (κ3) is 3.02. The number of carbonyl (C=O) groups excluding carboxylic acids is 1. The Bertz CT molecular complexity index is 363. The topological polar surface area (TPSA) is 52.3 Å². The van der Waals surface area contributed by atoms with Crippen LogP contribution in [-0.4, -0.2) is 18.6 Å². The van der Waals surface area contributed by atoms with Crippen LogP contribution in [-0.2, 0) is 16.0 Å². The number of ether oxygens (including phenoxy) is 1. The Morgan fingerprint density at radius 2 is 2.27 bits per heavy atom. The highest BCUT2D eigenvalue weighted by molar-refractivity contribution is 5.80. The first-order valence-electron chi connectivity index (χ1n) is 4.57. The Morgan fingerprint density at radius 1 is 1.60 bits per heavy atom. The van der Waals surface area contributed by atoms with Crippen LogP contribution in [0, 0.1) is 5.82 Å². The molecule has 0 heterocycles. The minimum Gasteiger partial charge on any atom is -0.468 e. The summed E-state index contributed by atoms with van der Waals surface area (Å²) in [5.41, 5.74) is 5.31. The van der Waals surface area contributed by atoms with Crippen molar-refractivity contribution in [1.82, 2.24) is 0 Å². The van der Waals surface area contributed by atoms with Crippen LogP contribution in [0.1, 0.15) is 12.5 Å². The van der Waals surface area contributed by atoms with E-state index in [2.05, 4.69) is 4.74 Å². The zero-order chi connectivity index (χ0) is 11.5. The van der Waals surface area contributed by atoms with Crippen LogP contribution >= 0.6 is 0 Å². The van der Waals surface area contributed by atoms with Gasteiger partial charge in [-0.25, -0.2) is 4.39 Å². The smallest absolute Gasteiger partial charge is 0.325 e. The molecule has 1 unspecified atom stereocenters. The average Bonchev–Trinajstić information content (AvgIpc) is 2.15. The van der Waals surface area contributed by atoms with Crippen molar-refractivity contribution in [2.45, 2.75) is 18.9 Å². The Labute approximate surface area is 88.0 Å². The number of hydrogen-bond donors (Lipinski definition) is 1. The molecule has 0 aromatic heterocycles. The van der Waals surface area contributed by atoms with E-state index in [-0.39, 0.29) is 12.2 Å². The van der Waals surface area contributed by atoms with Gasteiger partial charge in [0.15, 0.2) is 0 Å². The molecule has 0 bridgehead atoms. The van der Waals surface area contributed by atoms with Crippen LogP contribution in [0.5, 0.6) is 0 Å². The molecule has 1 aromatic carbocycles. The molecule has 0 radical (unpaired) electrons. The van der Waals surface area contributed by atoms with Crippen LogP contribution in [0.2, 0.25) is 0 Å². The molecule has 3 nitrogen and oxygen atoms in total. The molecule has 0 fully saturated rings. The van der Waals surface area contributed by atoms with E-state index in [9.17, 15) is 9.18 Å². The van der Waals surface area contributed by atoms with Gasteiger partial charge < -0.3 is 10.5 Å². The van der Waals surface area contributed by atoms with Crippen molar-refractivity contribution in [2.75, 3.05) is 7.11 Å². The molecule has 0 amide bonds. The number of benzene rings is 1. The van der Waals surface area contributed by atoms with Crippen molar-refractivity contribution in [3.63, 3.8) is 0 Å². The van der Waals surface area contributed by atoms with Crippen molar-refractivity contribution in [2.24, 2.45) is 5.73 Å². The maximum absolute atomic E-state index is 12.9. The van der Waals surface area contributed by atoms with Gasteiger partial charge in [-0.2, -0.15) is 0 Å². The van der Waals surface area contributed by atoms with E-state index in [1.807, 2.05) is 0 Å². The van der Waals surface area contributed by atoms with E-state index in [0.29, 0.717) is 5.56 Å². The maximum atomic E-state index is 12.9. The predicted octanol–water partition coefficient (Wildman–Crippen LogP) is 1.26. The molecule has 0 aliphatic carbocycles. The quantitative estimate of drug-likeness (QED) is 0.766. The fourth-order valence-corrected chi connectivity index (χ4v) is 1.38. The zero-order valence-corrected chi connectivity index (χ0v) is 8.79. The molecule has 0 spiro atoms. The fraction of sp³-hybridized carbons (Fsp3) is 0.364. The van der Waals surface area contributed by atoms with Gasteiger partial charge in [-0.15, -0.1) is 0 Å². The number of esters is 1. The molecule has 15 heavy (non-hydrogen) atoms. The van der Waals surface area contributed by atoms with Crippen molar-refractivity contribution >= 4 is 5.97 Å². The number of carbonyl (C=O) groups is 1. The normalized spacial score (nSPS) is 14.4. The van der Waals surface area contributed by atoms with Gasteiger partial charge in [-0.3, -0.25) is 4.79 Å². The van der Waals surface area contributed by atoms with Gasteiger partial charge in [0.1, 0.15) is 11.4 Å². The van der Waals surface area contributed by atoms with Gasteiger partial charge in [0, 0.05) is 6.42 Å². The van der Waals surface area contributed by atoms with E-state index >= 15 is 0 Å². The summed E-state index contributed by atoms with van der Waals surface area (Å²) in [6.07, 6.45) is 0.247. The second-order valence-electron chi connectivity index (χ2n) is 3.72. The lowest BCUT2D eigenvalue weighted by molar-refractivity contribution is -0.146. The summed E-state index contributed by atoms with van der Waals surface area (Å²) in [6, 6.07) is 6.00. The Morgan fingerprint density at radius 3 is 2.80 bits per heavy atom. The molecule has 82 valence electrons. The minimum absolute atomic E-state index is 0.247. The fourth-order valence-electron chi connectivity index (χ4n) is 1.38. The summed E-state index contributed by atoms with van der Waals surface area (Å²) in [6.45, 7) is 1.56.